The summed E-state index contributed by atoms with van der Waals surface area (Å²) in [5.41, 5.74) is 0. The van der Waals surface area contributed by atoms with Gasteiger partial charge in [0.2, 0.25) is 0 Å². The zero-order valence-corrected chi connectivity index (χ0v) is 9.38. The van der Waals surface area contributed by atoms with Crippen molar-refractivity contribution in [1.82, 2.24) is 0 Å². The Labute approximate surface area is 88.0 Å². The molecule has 0 atom stereocenters. The molecule has 11 heavy (non-hydrogen) atoms. The van der Waals surface area contributed by atoms with Crippen molar-refractivity contribution in [3.8, 4) is 0 Å². The Morgan fingerprint density at radius 1 is 0.909 bits per heavy atom. The molecule has 65 valence electrons. The van der Waals surface area contributed by atoms with Crippen LogP contribution in [0.2, 0.25) is 5.02 Å². The Balaban J connectivity index is 0.000000218. The second kappa shape index (κ2) is 7.54. The van der Waals surface area contributed by atoms with E-state index < -0.39 is 11.2 Å². The van der Waals surface area contributed by atoms with Gasteiger partial charge in [0.15, 0.2) is 0 Å². The van der Waals surface area contributed by atoms with Crippen LogP contribution in [0, 0.1) is 0 Å². The quantitative estimate of drug-likeness (QED) is 0.615. The van der Waals surface area contributed by atoms with Crippen LogP contribution in [0.25, 0.3) is 0 Å². The molecule has 0 spiro atoms. The molecule has 0 saturated heterocycles. The molecule has 0 saturated carbocycles. The maximum atomic E-state index is 5.54. The van der Waals surface area contributed by atoms with Gasteiger partial charge in [-0.2, -0.15) is 0 Å². The maximum absolute atomic E-state index is 5.54. The van der Waals surface area contributed by atoms with E-state index >= 15 is 0 Å². The molecule has 0 bridgehead atoms. The topological polar surface area (TPSA) is 0 Å². The van der Waals surface area contributed by atoms with Crippen LogP contribution in [0.15, 0.2) is 30.3 Å². The Hall–Kier alpha value is 0.899. The Kier molecular flexibility index (Phi) is 8.16. The summed E-state index contributed by atoms with van der Waals surface area (Å²) in [6.45, 7) is 0. The standard InChI is InChI=1S/C6H5Cl.3ClH.Fe/c7-6-4-2-1-3-5-6;;;;/h1-5H;3*1H;/q;;;;+3/p-3. The van der Waals surface area contributed by atoms with Crippen molar-refractivity contribution < 1.29 is 11.2 Å². The van der Waals surface area contributed by atoms with Gasteiger partial charge in [-0.1, -0.05) is 29.8 Å². The van der Waals surface area contributed by atoms with E-state index in [4.69, 9.17) is 41.9 Å². The molecule has 0 aromatic heterocycles. The molecule has 0 aliphatic carbocycles. The van der Waals surface area contributed by atoms with Crippen LogP contribution in [-0.4, -0.2) is 0 Å². The van der Waals surface area contributed by atoms with Crippen LogP contribution >= 0.6 is 41.9 Å². The van der Waals surface area contributed by atoms with Crippen molar-refractivity contribution in [2.24, 2.45) is 0 Å². The molecule has 0 radical (unpaired) electrons. The molecular formula is C6H5Cl4Fe. The summed E-state index contributed by atoms with van der Waals surface area (Å²) in [4.78, 5) is 0. The van der Waals surface area contributed by atoms with E-state index in [-0.39, 0.29) is 0 Å². The van der Waals surface area contributed by atoms with Gasteiger partial charge in [0.25, 0.3) is 0 Å². The average molecular weight is 275 g/mol. The summed E-state index contributed by atoms with van der Waals surface area (Å²) in [6.07, 6.45) is 0. The van der Waals surface area contributed by atoms with Crippen molar-refractivity contribution in [2.75, 3.05) is 0 Å². The molecule has 0 fully saturated rings. The van der Waals surface area contributed by atoms with E-state index in [0.29, 0.717) is 0 Å². The summed E-state index contributed by atoms with van der Waals surface area (Å²) in [7, 11) is 14.7. The van der Waals surface area contributed by atoms with Crippen LogP contribution in [0.1, 0.15) is 0 Å². The number of rotatable bonds is 0. The monoisotopic (exact) mass is 273 g/mol. The number of halogens is 4. The molecule has 1 aromatic rings. The molecule has 0 N–H and O–H groups in total. The normalized spacial score (nSPS) is 9.64. The molecule has 1 rings (SSSR count). The van der Waals surface area contributed by atoms with Crippen molar-refractivity contribution in [3.63, 3.8) is 0 Å². The first-order valence-corrected chi connectivity index (χ1v) is 7.44. The van der Waals surface area contributed by atoms with Gasteiger partial charge in [-0.3, -0.25) is 0 Å². The minimum absolute atomic E-state index is 0.794. The zero-order chi connectivity index (χ0) is 8.69. The van der Waals surface area contributed by atoms with E-state index in [2.05, 4.69) is 0 Å². The van der Waals surface area contributed by atoms with Gasteiger partial charge in [0, 0.05) is 5.02 Å². The molecule has 5 heteroatoms. The van der Waals surface area contributed by atoms with E-state index in [1.807, 2.05) is 30.3 Å². The Bertz CT molecular complexity index is 174. The first kappa shape index (κ1) is 11.9. The fourth-order valence-electron chi connectivity index (χ4n) is 0.415. The predicted molar refractivity (Wildman–Crippen MR) is 49.0 cm³/mol. The first-order valence-electron chi connectivity index (χ1n) is 2.50. The summed E-state index contributed by atoms with van der Waals surface area (Å²) in [5, 5.41) is 0.794. The van der Waals surface area contributed by atoms with E-state index in [1.54, 1.807) is 0 Å². The number of benzene rings is 1. The summed E-state index contributed by atoms with van der Waals surface area (Å²) in [6, 6.07) is 9.44. The van der Waals surface area contributed by atoms with Crippen LogP contribution in [0.4, 0.5) is 0 Å². The third-order valence-electron chi connectivity index (χ3n) is 0.733. The molecule has 0 aliphatic heterocycles. The zero-order valence-electron chi connectivity index (χ0n) is 5.25. The first-order chi connectivity index (χ1) is 5.13. The van der Waals surface area contributed by atoms with Gasteiger partial charge < -0.3 is 0 Å². The third-order valence-corrected chi connectivity index (χ3v) is 0.985. The minimum atomic E-state index is -1.33. The van der Waals surface area contributed by atoms with Crippen molar-refractivity contribution in [1.29, 1.82) is 0 Å². The second-order valence-electron chi connectivity index (χ2n) is 1.45. The number of hydrogen-bond acceptors (Lipinski definition) is 0. The second-order valence-corrected chi connectivity index (χ2v) is 7.35. The molecule has 0 unspecified atom stereocenters. The molecule has 1 aromatic carbocycles. The molecule has 0 nitrogen and oxygen atoms in total. The molecule has 0 amide bonds. The average Bonchev–Trinajstić information content (AvgIpc) is 1.87. The fraction of sp³-hybridized carbons (Fsp3) is 0. The van der Waals surface area contributed by atoms with Gasteiger partial charge in [-0.25, -0.2) is 0 Å². The van der Waals surface area contributed by atoms with Gasteiger partial charge in [0.1, 0.15) is 0 Å². The number of hydrogen-bond donors (Lipinski definition) is 0. The Morgan fingerprint density at radius 2 is 1.27 bits per heavy atom. The molecule has 0 heterocycles. The predicted octanol–water partition coefficient (Wildman–Crippen LogP) is 4.41. The SMILES string of the molecule is Clc1ccccc1.[Cl][Fe]([Cl])[Cl]. The van der Waals surface area contributed by atoms with Crippen molar-refractivity contribution >= 4 is 41.9 Å². The van der Waals surface area contributed by atoms with E-state index in [0.717, 1.165) is 5.02 Å². The van der Waals surface area contributed by atoms with Crippen LogP contribution in [-0.2, 0) is 11.2 Å². The van der Waals surface area contributed by atoms with Gasteiger partial charge in [-0.05, 0) is 12.1 Å². The van der Waals surface area contributed by atoms with E-state index in [1.165, 1.54) is 0 Å². The summed E-state index contributed by atoms with van der Waals surface area (Å²) >= 11 is 4.21. The summed E-state index contributed by atoms with van der Waals surface area (Å²) in [5.74, 6) is 0. The van der Waals surface area contributed by atoms with Crippen molar-refractivity contribution in [2.45, 2.75) is 0 Å². The third kappa shape index (κ3) is 10.9. The van der Waals surface area contributed by atoms with Crippen LogP contribution < -0.4 is 0 Å². The van der Waals surface area contributed by atoms with Crippen LogP contribution in [0.3, 0.4) is 0 Å². The van der Waals surface area contributed by atoms with Crippen LogP contribution in [0.5, 0.6) is 0 Å². The molecular weight excluding hydrogens is 270 g/mol. The van der Waals surface area contributed by atoms with Gasteiger partial charge in [0.05, 0.1) is 0 Å². The molecule has 0 aliphatic rings. The van der Waals surface area contributed by atoms with Crippen molar-refractivity contribution in [3.05, 3.63) is 35.4 Å². The summed E-state index contributed by atoms with van der Waals surface area (Å²) < 4.78 is 0. The van der Waals surface area contributed by atoms with Gasteiger partial charge in [-0.15, -0.1) is 0 Å². The van der Waals surface area contributed by atoms with Gasteiger partial charge >= 0.3 is 41.5 Å². The van der Waals surface area contributed by atoms with E-state index in [9.17, 15) is 0 Å². The fourth-order valence-corrected chi connectivity index (χ4v) is 0.560. The Morgan fingerprint density at radius 3 is 1.45 bits per heavy atom.